The molecule has 330 valence electrons. The maximum atomic E-state index is 5.36. The standard InChI is InChI=1S/C65H42BN5/c1-5-17-43(18-6-1)45-29-33-54(34-30-45)70-58-39-51-27-15-13-25-49(51)37-56(58)66-57-38-50-26-14-16-28-52(50)40-59(57)71(55-35-31-46(32-36-55)44-19-7-2-8-20-44)61-42-53(41-60(70)62(61)66)65-68-63(47-21-9-3-10-22-47)67-64(69-65)48-23-11-4-12-24-48/h1-42H. The Hall–Kier alpha value is -9.39. The lowest BCUT2D eigenvalue weighted by Gasteiger charge is -2.44. The van der Waals surface area contributed by atoms with Crippen molar-refractivity contribution in [3.05, 3.63) is 255 Å². The molecule has 2 aliphatic rings. The van der Waals surface area contributed by atoms with Crippen LogP contribution in [-0.2, 0) is 0 Å². The molecule has 0 spiro atoms. The third kappa shape index (κ3) is 6.99. The van der Waals surface area contributed by atoms with Gasteiger partial charge >= 0.3 is 0 Å². The van der Waals surface area contributed by atoms with E-state index in [1.807, 2.05) is 36.4 Å². The number of fused-ring (bicyclic) bond motifs is 6. The van der Waals surface area contributed by atoms with Crippen molar-refractivity contribution in [2.75, 3.05) is 9.80 Å². The van der Waals surface area contributed by atoms with Crippen molar-refractivity contribution in [3.8, 4) is 56.4 Å². The highest BCUT2D eigenvalue weighted by molar-refractivity contribution is 7.00. The zero-order valence-corrected chi connectivity index (χ0v) is 38.6. The molecule has 12 aromatic rings. The first kappa shape index (κ1) is 40.7. The molecule has 0 radical (unpaired) electrons. The van der Waals surface area contributed by atoms with E-state index in [1.165, 1.54) is 49.1 Å². The first-order chi connectivity index (χ1) is 35.2. The van der Waals surface area contributed by atoms with Crippen molar-refractivity contribution in [1.82, 2.24) is 15.0 Å². The van der Waals surface area contributed by atoms with Gasteiger partial charge < -0.3 is 9.80 Å². The van der Waals surface area contributed by atoms with Crippen molar-refractivity contribution in [2.24, 2.45) is 0 Å². The maximum Gasteiger partial charge on any atom is 0.252 e. The summed E-state index contributed by atoms with van der Waals surface area (Å²) in [5.74, 6) is 1.84. The summed E-state index contributed by atoms with van der Waals surface area (Å²) in [6.45, 7) is -0.105. The zero-order valence-electron chi connectivity index (χ0n) is 38.6. The number of aromatic nitrogens is 3. The molecule has 0 atom stereocenters. The number of benzene rings is 11. The molecule has 5 nitrogen and oxygen atoms in total. The largest absolute Gasteiger partial charge is 0.311 e. The van der Waals surface area contributed by atoms with Gasteiger partial charge in [-0.05, 0) is 109 Å². The normalized spacial score (nSPS) is 12.4. The van der Waals surface area contributed by atoms with Gasteiger partial charge in [0.2, 0.25) is 0 Å². The number of hydrogen-bond acceptors (Lipinski definition) is 5. The smallest absolute Gasteiger partial charge is 0.252 e. The van der Waals surface area contributed by atoms with Gasteiger partial charge in [-0.1, -0.05) is 206 Å². The van der Waals surface area contributed by atoms with Gasteiger partial charge in [0.25, 0.3) is 6.71 Å². The van der Waals surface area contributed by atoms with Crippen LogP contribution in [0.1, 0.15) is 0 Å². The summed E-state index contributed by atoms with van der Waals surface area (Å²) in [4.78, 5) is 20.8. The van der Waals surface area contributed by atoms with E-state index >= 15 is 0 Å². The van der Waals surface area contributed by atoms with E-state index in [2.05, 4.69) is 228 Å². The molecule has 1 aromatic heterocycles. The average molecular weight is 904 g/mol. The van der Waals surface area contributed by atoms with Crippen molar-refractivity contribution in [2.45, 2.75) is 0 Å². The summed E-state index contributed by atoms with van der Waals surface area (Å²) < 4.78 is 0. The minimum absolute atomic E-state index is 0.105. The minimum atomic E-state index is -0.105. The number of nitrogens with zero attached hydrogens (tertiary/aromatic N) is 5. The first-order valence-electron chi connectivity index (χ1n) is 24.2. The van der Waals surface area contributed by atoms with Crippen LogP contribution in [0.15, 0.2) is 255 Å². The van der Waals surface area contributed by atoms with Crippen LogP contribution >= 0.6 is 0 Å². The van der Waals surface area contributed by atoms with Gasteiger partial charge in [-0.25, -0.2) is 15.0 Å². The van der Waals surface area contributed by atoms with Gasteiger partial charge in [0, 0.05) is 50.8 Å². The fraction of sp³-hybridized carbons (Fsp3) is 0. The van der Waals surface area contributed by atoms with Crippen LogP contribution in [0, 0.1) is 0 Å². The molecule has 14 rings (SSSR count). The summed E-state index contributed by atoms with van der Waals surface area (Å²) in [5.41, 5.74) is 17.7. The lowest BCUT2D eigenvalue weighted by atomic mass is 9.33. The van der Waals surface area contributed by atoms with Crippen LogP contribution in [0.4, 0.5) is 34.1 Å². The highest BCUT2D eigenvalue weighted by Crippen LogP contribution is 2.47. The number of rotatable bonds is 7. The molecule has 2 aliphatic heterocycles. The van der Waals surface area contributed by atoms with Crippen LogP contribution < -0.4 is 26.2 Å². The Labute approximate surface area is 412 Å². The summed E-state index contributed by atoms with van der Waals surface area (Å²) >= 11 is 0. The Morgan fingerprint density at radius 3 is 0.944 bits per heavy atom. The quantitative estimate of drug-likeness (QED) is 0.149. The monoisotopic (exact) mass is 903 g/mol. The SMILES string of the molecule is c1ccc(-c2ccc(N3c4cc5ccccc5cc4B4c5cc6ccccc6cc5N(c5ccc(-c6ccccc6)cc5)c5cc(-c6nc(-c7ccccc7)nc(-c7ccccc7)n6)cc3c54)cc2)cc1. The molecular weight excluding hydrogens is 862 g/mol. The molecule has 0 unspecified atom stereocenters. The van der Waals surface area contributed by atoms with Crippen molar-refractivity contribution in [3.63, 3.8) is 0 Å². The van der Waals surface area contributed by atoms with Crippen molar-refractivity contribution < 1.29 is 0 Å². The molecule has 0 aliphatic carbocycles. The van der Waals surface area contributed by atoms with Gasteiger partial charge in [0.15, 0.2) is 17.5 Å². The molecule has 6 heteroatoms. The van der Waals surface area contributed by atoms with E-state index in [0.717, 1.165) is 61.9 Å². The van der Waals surface area contributed by atoms with Gasteiger partial charge in [-0.15, -0.1) is 0 Å². The molecular formula is C65H42BN5. The average Bonchev–Trinajstić information content (AvgIpc) is 3.45. The van der Waals surface area contributed by atoms with Gasteiger partial charge in [0.1, 0.15) is 0 Å². The van der Waals surface area contributed by atoms with Gasteiger partial charge in [-0.3, -0.25) is 0 Å². The van der Waals surface area contributed by atoms with Gasteiger partial charge in [0.05, 0.1) is 0 Å². The molecule has 0 bridgehead atoms. The Kier molecular flexibility index (Phi) is 9.56. The molecule has 0 saturated heterocycles. The second kappa shape index (κ2) is 16.7. The van der Waals surface area contributed by atoms with E-state index in [4.69, 9.17) is 15.0 Å². The fourth-order valence-corrected chi connectivity index (χ4v) is 10.9. The molecule has 0 amide bonds. The highest BCUT2D eigenvalue weighted by atomic mass is 15.2. The summed E-state index contributed by atoms with van der Waals surface area (Å²) in [6, 6.07) is 91.6. The minimum Gasteiger partial charge on any atom is -0.311 e. The van der Waals surface area contributed by atoms with E-state index in [0.29, 0.717) is 17.5 Å². The first-order valence-corrected chi connectivity index (χ1v) is 24.2. The summed E-state index contributed by atoms with van der Waals surface area (Å²) in [6.07, 6.45) is 0. The Morgan fingerprint density at radius 1 is 0.254 bits per heavy atom. The topological polar surface area (TPSA) is 45.2 Å². The van der Waals surface area contributed by atoms with Gasteiger partial charge in [-0.2, -0.15) is 0 Å². The van der Waals surface area contributed by atoms with Crippen LogP contribution in [0.25, 0.3) is 78.0 Å². The Morgan fingerprint density at radius 2 is 0.563 bits per heavy atom. The Bertz CT molecular complexity index is 3730. The molecule has 0 saturated carbocycles. The third-order valence-electron chi connectivity index (χ3n) is 14.2. The second-order valence-electron chi connectivity index (χ2n) is 18.4. The van der Waals surface area contributed by atoms with E-state index in [1.54, 1.807) is 0 Å². The van der Waals surface area contributed by atoms with E-state index in [9.17, 15) is 0 Å². The lowest BCUT2D eigenvalue weighted by molar-refractivity contribution is 1.07. The van der Waals surface area contributed by atoms with Crippen LogP contribution in [-0.4, -0.2) is 21.7 Å². The molecule has 11 aromatic carbocycles. The number of hydrogen-bond donors (Lipinski definition) is 0. The van der Waals surface area contributed by atoms with Crippen LogP contribution in [0.5, 0.6) is 0 Å². The third-order valence-corrected chi connectivity index (χ3v) is 14.2. The fourth-order valence-electron chi connectivity index (χ4n) is 10.9. The summed E-state index contributed by atoms with van der Waals surface area (Å²) in [5, 5.41) is 4.79. The molecule has 71 heavy (non-hydrogen) atoms. The van der Waals surface area contributed by atoms with E-state index < -0.39 is 0 Å². The van der Waals surface area contributed by atoms with Crippen molar-refractivity contribution >= 4 is 78.8 Å². The van der Waals surface area contributed by atoms with Crippen LogP contribution in [0.2, 0.25) is 0 Å². The predicted molar refractivity (Wildman–Crippen MR) is 296 cm³/mol. The van der Waals surface area contributed by atoms with E-state index in [-0.39, 0.29) is 6.71 Å². The second-order valence-corrected chi connectivity index (χ2v) is 18.4. The number of anilines is 6. The highest BCUT2D eigenvalue weighted by Gasteiger charge is 2.44. The zero-order chi connectivity index (χ0) is 46.8. The summed E-state index contributed by atoms with van der Waals surface area (Å²) in [7, 11) is 0. The molecule has 3 heterocycles. The molecule has 0 fully saturated rings. The van der Waals surface area contributed by atoms with Crippen molar-refractivity contribution in [1.29, 1.82) is 0 Å². The van der Waals surface area contributed by atoms with Crippen LogP contribution in [0.3, 0.4) is 0 Å². The molecule has 0 N–H and O–H groups in total. The lowest BCUT2D eigenvalue weighted by Crippen LogP contribution is -2.61. The Balaban J connectivity index is 1.09. The predicted octanol–water partition coefficient (Wildman–Crippen LogP) is 14.6. The maximum absolute atomic E-state index is 5.36.